The van der Waals surface area contributed by atoms with Crippen LogP contribution in [0.15, 0.2) is 63.8 Å². The first-order valence-electron chi connectivity index (χ1n) is 6.14. The Kier molecular flexibility index (Phi) is 4.03. The van der Waals surface area contributed by atoms with Crippen molar-refractivity contribution in [3.63, 3.8) is 0 Å². The molecule has 0 aliphatic rings. The number of hydrogen-bond acceptors (Lipinski definition) is 3. The lowest BCUT2D eigenvalue weighted by molar-refractivity contribution is 0.0734. The van der Waals surface area contributed by atoms with Gasteiger partial charge in [-0.1, -0.05) is 28.1 Å². The van der Waals surface area contributed by atoms with Gasteiger partial charge in [0.2, 0.25) is 0 Å². The van der Waals surface area contributed by atoms with Crippen LogP contribution in [0.2, 0.25) is 0 Å². The lowest BCUT2D eigenvalue weighted by Gasteiger charge is -2.06. The number of esters is 1. The topological polar surface area (TPSA) is 39.2 Å². The highest BCUT2D eigenvalue weighted by molar-refractivity contribution is 9.10. The zero-order valence-electron chi connectivity index (χ0n) is 10.7. The van der Waals surface area contributed by atoms with Crippen LogP contribution in [0.5, 0.6) is 5.75 Å². The summed E-state index contributed by atoms with van der Waals surface area (Å²) in [6, 6.07) is 13.1. The maximum absolute atomic E-state index is 12.1. The summed E-state index contributed by atoms with van der Waals surface area (Å²) in [7, 11) is 0. The summed E-state index contributed by atoms with van der Waals surface area (Å²) in [5.41, 5.74) is 0.403. The molecule has 0 bridgehead atoms. The zero-order valence-corrected chi connectivity index (χ0v) is 13.9. The highest BCUT2D eigenvalue weighted by Crippen LogP contribution is 2.24. The highest BCUT2D eigenvalue weighted by Gasteiger charge is 2.10. The van der Waals surface area contributed by atoms with Gasteiger partial charge in [-0.25, -0.2) is 4.79 Å². The molecular formula is C16H9Br2NO2. The fraction of sp³-hybridized carbons (Fsp3) is 0. The van der Waals surface area contributed by atoms with E-state index in [0.29, 0.717) is 11.3 Å². The van der Waals surface area contributed by atoms with Crippen molar-refractivity contribution in [3.05, 3.63) is 69.4 Å². The summed E-state index contributed by atoms with van der Waals surface area (Å²) in [6.45, 7) is 0. The molecule has 3 rings (SSSR count). The van der Waals surface area contributed by atoms with Crippen LogP contribution in [0.3, 0.4) is 0 Å². The van der Waals surface area contributed by atoms with Crippen molar-refractivity contribution < 1.29 is 9.53 Å². The summed E-state index contributed by atoms with van der Waals surface area (Å²) in [5, 5.41) is 2.09. The maximum atomic E-state index is 12.1. The highest BCUT2D eigenvalue weighted by atomic mass is 79.9. The number of aromatic nitrogens is 1. The molecule has 0 spiro atoms. The third-order valence-electron chi connectivity index (χ3n) is 2.92. The number of fused-ring (bicyclic) bond motifs is 1. The first kappa shape index (κ1) is 14.2. The molecule has 0 saturated heterocycles. The Morgan fingerprint density at radius 3 is 2.48 bits per heavy atom. The second-order valence-corrected chi connectivity index (χ2v) is 6.27. The third-order valence-corrected chi connectivity index (χ3v) is 3.85. The molecule has 21 heavy (non-hydrogen) atoms. The van der Waals surface area contributed by atoms with E-state index in [0.717, 1.165) is 19.7 Å². The zero-order chi connectivity index (χ0) is 14.8. The molecule has 0 aliphatic carbocycles. The average molecular weight is 407 g/mol. The minimum Gasteiger partial charge on any atom is -0.423 e. The Hall–Kier alpha value is -1.72. The van der Waals surface area contributed by atoms with E-state index < -0.39 is 5.97 Å². The SMILES string of the molecule is O=C(Oc1ccc2cc(Br)ccc2c1)c1cncc(Br)c1. The molecule has 0 unspecified atom stereocenters. The summed E-state index contributed by atoms with van der Waals surface area (Å²) < 4.78 is 7.13. The van der Waals surface area contributed by atoms with E-state index in [2.05, 4.69) is 36.8 Å². The van der Waals surface area contributed by atoms with Crippen LogP contribution < -0.4 is 4.74 Å². The van der Waals surface area contributed by atoms with Crippen LogP contribution in [-0.2, 0) is 0 Å². The number of benzene rings is 2. The van der Waals surface area contributed by atoms with Gasteiger partial charge >= 0.3 is 5.97 Å². The van der Waals surface area contributed by atoms with Gasteiger partial charge in [0, 0.05) is 21.3 Å². The van der Waals surface area contributed by atoms with Crippen molar-refractivity contribution >= 4 is 48.6 Å². The second-order valence-electron chi connectivity index (χ2n) is 4.43. The lowest BCUT2D eigenvalue weighted by atomic mass is 10.1. The van der Waals surface area contributed by atoms with Crippen LogP contribution in [0.25, 0.3) is 10.8 Å². The van der Waals surface area contributed by atoms with Gasteiger partial charge in [0.25, 0.3) is 0 Å². The first-order chi connectivity index (χ1) is 10.1. The number of carbonyl (C=O) groups excluding carboxylic acids is 1. The smallest absolute Gasteiger partial charge is 0.345 e. The van der Waals surface area contributed by atoms with Gasteiger partial charge in [0.1, 0.15) is 5.75 Å². The molecule has 0 saturated carbocycles. The van der Waals surface area contributed by atoms with Gasteiger partial charge in [-0.2, -0.15) is 0 Å². The molecule has 0 N–H and O–H groups in total. The van der Waals surface area contributed by atoms with E-state index in [1.165, 1.54) is 6.20 Å². The van der Waals surface area contributed by atoms with E-state index in [-0.39, 0.29) is 0 Å². The van der Waals surface area contributed by atoms with Gasteiger partial charge in [-0.15, -0.1) is 0 Å². The predicted molar refractivity (Wildman–Crippen MR) is 88.5 cm³/mol. The number of halogens is 2. The summed E-state index contributed by atoms with van der Waals surface area (Å²) >= 11 is 6.71. The summed E-state index contributed by atoms with van der Waals surface area (Å²) in [4.78, 5) is 16.0. The Morgan fingerprint density at radius 2 is 1.67 bits per heavy atom. The molecule has 0 fully saturated rings. The van der Waals surface area contributed by atoms with E-state index >= 15 is 0 Å². The van der Waals surface area contributed by atoms with Crippen molar-refractivity contribution in [2.45, 2.75) is 0 Å². The molecule has 5 heteroatoms. The van der Waals surface area contributed by atoms with Crippen LogP contribution in [0, 0.1) is 0 Å². The molecule has 2 aromatic carbocycles. The molecule has 1 heterocycles. The average Bonchev–Trinajstić information content (AvgIpc) is 2.47. The number of rotatable bonds is 2. The lowest BCUT2D eigenvalue weighted by Crippen LogP contribution is -2.08. The molecule has 0 amide bonds. The number of pyridine rings is 1. The molecular weight excluding hydrogens is 398 g/mol. The first-order valence-corrected chi connectivity index (χ1v) is 7.72. The van der Waals surface area contributed by atoms with Crippen molar-refractivity contribution in [2.75, 3.05) is 0 Å². The van der Waals surface area contributed by atoms with Gasteiger partial charge < -0.3 is 4.74 Å². The van der Waals surface area contributed by atoms with Crippen molar-refractivity contribution in [3.8, 4) is 5.75 Å². The van der Waals surface area contributed by atoms with Gasteiger partial charge in [0.15, 0.2) is 0 Å². The molecule has 1 aromatic heterocycles. The second kappa shape index (κ2) is 5.95. The van der Waals surface area contributed by atoms with Crippen molar-refractivity contribution in [2.24, 2.45) is 0 Å². The monoisotopic (exact) mass is 405 g/mol. The minimum atomic E-state index is -0.430. The normalized spacial score (nSPS) is 10.6. The fourth-order valence-corrected chi connectivity index (χ4v) is 2.69. The number of carbonyl (C=O) groups is 1. The molecule has 0 aliphatic heterocycles. The maximum Gasteiger partial charge on any atom is 0.345 e. The van der Waals surface area contributed by atoms with Crippen LogP contribution in [0.4, 0.5) is 0 Å². The van der Waals surface area contributed by atoms with Gasteiger partial charge in [0.05, 0.1) is 5.56 Å². The van der Waals surface area contributed by atoms with E-state index in [9.17, 15) is 4.79 Å². The van der Waals surface area contributed by atoms with E-state index in [4.69, 9.17) is 4.74 Å². The Bertz CT molecular complexity index is 833. The van der Waals surface area contributed by atoms with E-state index in [1.54, 1.807) is 18.3 Å². The quantitative estimate of drug-likeness (QED) is 0.445. The Balaban J connectivity index is 1.87. The standard InChI is InChI=1S/C16H9Br2NO2/c17-13-3-1-11-7-15(4-2-10(11)5-13)21-16(20)12-6-14(18)9-19-8-12/h1-9H. The molecule has 3 aromatic rings. The number of hydrogen-bond donors (Lipinski definition) is 0. The summed E-state index contributed by atoms with van der Waals surface area (Å²) in [6.07, 6.45) is 3.09. The van der Waals surface area contributed by atoms with Crippen molar-refractivity contribution in [1.82, 2.24) is 4.98 Å². The fourth-order valence-electron chi connectivity index (χ4n) is 1.95. The van der Waals surface area contributed by atoms with Gasteiger partial charge in [-0.3, -0.25) is 4.98 Å². The molecule has 0 radical (unpaired) electrons. The van der Waals surface area contributed by atoms with E-state index in [1.807, 2.05) is 30.3 Å². The largest absolute Gasteiger partial charge is 0.423 e. The van der Waals surface area contributed by atoms with Gasteiger partial charge in [-0.05, 0) is 57.0 Å². The third kappa shape index (κ3) is 3.31. The van der Waals surface area contributed by atoms with Crippen LogP contribution >= 0.6 is 31.9 Å². The van der Waals surface area contributed by atoms with Crippen LogP contribution in [0.1, 0.15) is 10.4 Å². The molecule has 3 nitrogen and oxygen atoms in total. The molecule has 104 valence electrons. The predicted octanol–water partition coefficient (Wildman–Crippen LogP) is 4.98. The van der Waals surface area contributed by atoms with Crippen molar-refractivity contribution in [1.29, 1.82) is 0 Å². The number of nitrogens with zero attached hydrogens (tertiary/aromatic N) is 1. The number of ether oxygens (including phenoxy) is 1. The Labute approximate surface area is 138 Å². The molecule has 0 atom stereocenters. The Morgan fingerprint density at radius 1 is 0.905 bits per heavy atom. The minimum absolute atomic E-state index is 0.403. The summed E-state index contributed by atoms with van der Waals surface area (Å²) in [5.74, 6) is 0.0788. The van der Waals surface area contributed by atoms with Crippen LogP contribution in [-0.4, -0.2) is 11.0 Å².